The average molecular weight is 399 g/mol. The van der Waals surface area contributed by atoms with Crippen molar-refractivity contribution in [2.45, 2.75) is 18.8 Å². The molecule has 0 spiro atoms. The van der Waals surface area contributed by atoms with Crippen LogP contribution in [0, 0.1) is 0 Å². The molecule has 30 heavy (non-hydrogen) atoms. The van der Waals surface area contributed by atoms with E-state index in [0.717, 1.165) is 30.8 Å². The number of aromatic amines is 1. The summed E-state index contributed by atoms with van der Waals surface area (Å²) in [6, 6.07) is 20.9. The van der Waals surface area contributed by atoms with Crippen molar-refractivity contribution in [3.63, 3.8) is 0 Å². The van der Waals surface area contributed by atoms with E-state index < -0.39 is 0 Å². The lowest BCUT2D eigenvalue weighted by Gasteiger charge is -2.38. The van der Waals surface area contributed by atoms with Gasteiger partial charge in [-0.1, -0.05) is 42.5 Å². The van der Waals surface area contributed by atoms with E-state index in [2.05, 4.69) is 73.7 Å². The Labute approximate surface area is 175 Å². The van der Waals surface area contributed by atoms with Crippen molar-refractivity contribution in [3.8, 4) is 0 Å². The van der Waals surface area contributed by atoms with E-state index in [4.69, 9.17) is 4.74 Å². The standard InChI is InChI=1S/C24H25N5O/c1-2-5-18(6-3-1)15-27-24(22-10-11-25-17-28-22)29-13-14-30-23(16-29)20-7-4-8-21-19(20)9-12-26-21/h1-12,17,23-24,26-27H,13-16H2. The van der Waals surface area contributed by atoms with Crippen LogP contribution in [-0.2, 0) is 11.3 Å². The van der Waals surface area contributed by atoms with Crippen molar-refractivity contribution in [3.05, 3.63) is 96.2 Å². The van der Waals surface area contributed by atoms with E-state index in [1.165, 1.54) is 16.5 Å². The van der Waals surface area contributed by atoms with Crippen LogP contribution in [0.3, 0.4) is 0 Å². The number of hydrogen-bond acceptors (Lipinski definition) is 5. The van der Waals surface area contributed by atoms with Crippen LogP contribution in [0.2, 0.25) is 0 Å². The van der Waals surface area contributed by atoms with Gasteiger partial charge in [0.25, 0.3) is 0 Å². The predicted molar refractivity (Wildman–Crippen MR) is 117 cm³/mol. The van der Waals surface area contributed by atoms with Crippen molar-refractivity contribution in [1.82, 2.24) is 25.2 Å². The van der Waals surface area contributed by atoms with Crippen LogP contribution in [0.1, 0.15) is 29.1 Å². The second kappa shape index (κ2) is 8.75. The highest BCUT2D eigenvalue weighted by molar-refractivity contribution is 5.83. The molecule has 2 aromatic heterocycles. The number of nitrogens with zero attached hydrogens (tertiary/aromatic N) is 3. The highest BCUT2D eigenvalue weighted by Crippen LogP contribution is 2.31. The molecule has 1 aliphatic heterocycles. The molecule has 2 N–H and O–H groups in total. The number of fused-ring (bicyclic) bond motifs is 1. The molecule has 2 unspecified atom stereocenters. The summed E-state index contributed by atoms with van der Waals surface area (Å²) in [6.45, 7) is 3.09. The van der Waals surface area contributed by atoms with Crippen LogP contribution in [0.25, 0.3) is 10.9 Å². The monoisotopic (exact) mass is 399 g/mol. The fourth-order valence-corrected chi connectivity index (χ4v) is 4.18. The second-order valence-electron chi connectivity index (χ2n) is 7.54. The largest absolute Gasteiger partial charge is 0.371 e. The molecule has 0 aliphatic carbocycles. The molecule has 152 valence electrons. The molecule has 3 heterocycles. The molecule has 0 saturated carbocycles. The topological polar surface area (TPSA) is 66.1 Å². The lowest BCUT2D eigenvalue weighted by Crippen LogP contribution is -2.46. The normalized spacial score (nSPS) is 18.5. The molecule has 5 rings (SSSR count). The van der Waals surface area contributed by atoms with E-state index in [1.54, 1.807) is 12.5 Å². The van der Waals surface area contributed by atoms with E-state index in [9.17, 15) is 0 Å². The molecular formula is C24H25N5O. The van der Waals surface area contributed by atoms with E-state index >= 15 is 0 Å². The highest BCUT2D eigenvalue weighted by Gasteiger charge is 2.29. The first-order valence-electron chi connectivity index (χ1n) is 10.3. The molecule has 6 nitrogen and oxygen atoms in total. The predicted octanol–water partition coefficient (Wildman–Crippen LogP) is 3.82. The smallest absolute Gasteiger partial charge is 0.115 e. The van der Waals surface area contributed by atoms with Gasteiger partial charge in [0.15, 0.2) is 0 Å². The Morgan fingerprint density at radius 2 is 2.03 bits per heavy atom. The first kappa shape index (κ1) is 18.9. The van der Waals surface area contributed by atoms with Crippen molar-refractivity contribution >= 4 is 10.9 Å². The van der Waals surface area contributed by atoms with E-state index in [0.29, 0.717) is 6.61 Å². The van der Waals surface area contributed by atoms with Gasteiger partial charge in [0.05, 0.1) is 18.4 Å². The summed E-state index contributed by atoms with van der Waals surface area (Å²) in [5.41, 5.74) is 4.59. The number of benzene rings is 2. The summed E-state index contributed by atoms with van der Waals surface area (Å²) in [5.74, 6) is 0. The zero-order valence-corrected chi connectivity index (χ0v) is 16.7. The molecule has 2 atom stereocenters. The van der Waals surface area contributed by atoms with Crippen molar-refractivity contribution < 1.29 is 4.74 Å². The Morgan fingerprint density at radius 1 is 1.10 bits per heavy atom. The number of ether oxygens (including phenoxy) is 1. The van der Waals surface area contributed by atoms with Crippen LogP contribution in [-0.4, -0.2) is 39.5 Å². The Balaban J connectivity index is 1.40. The van der Waals surface area contributed by atoms with E-state index in [-0.39, 0.29) is 12.3 Å². The fourth-order valence-electron chi connectivity index (χ4n) is 4.18. The van der Waals surface area contributed by atoms with Gasteiger partial charge in [-0.2, -0.15) is 0 Å². The zero-order valence-electron chi connectivity index (χ0n) is 16.7. The Hall–Kier alpha value is -3.06. The number of H-pyrrole nitrogens is 1. The lowest BCUT2D eigenvalue weighted by molar-refractivity contribution is -0.0512. The molecule has 0 amide bonds. The SMILES string of the molecule is c1ccc(CNC(c2ccncn2)N2CCOC(c3cccc4[nH]ccc34)C2)cc1. The summed E-state index contributed by atoms with van der Waals surface area (Å²) in [7, 11) is 0. The lowest BCUT2D eigenvalue weighted by atomic mass is 10.0. The minimum atomic E-state index is -0.00923. The number of aromatic nitrogens is 3. The van der Waals surface area contributed by atoms with Gasteiger partial charge in [0.1, 0.15) is 12.5 Å². The van der Waals surface area contributed by atoms with Gasteiger partial charge in [-0.25, -0.2) is 9.97 Å². The molecule has 2 aromatic carbocycles. The van der Waals surface area contributed by atoms with Gasteiger partial charge in [-0.05, 0) is 29.3 Å². The molecule has 1 aliphatic rings. The molecule has 1 fully saturated rings. The first-order chi connectivity index (χ1) is 14.9. The minimum absolute atomic E-state index is 0.00923. The van der Waals surface area contributed by atoms with E-state index in [1.807, 2.05) is 18.3 Å². The van der Waals surface area contributed by atoms with Crippen LogP contribution >= 0.6 is 0 Å². The summed E-state index contributed by atoms with van der Waals surface area (Å²) < 4.78 is 6.20. The summed E-state index contributed by atoms with van der Waals surface area (Å²) in [6.07, 6.45) is 5.41. The fraction of sp³-hybridized carbons (Fsp3) is 0.250. The summed E-state index contributed by atoms with van der Waals surface area (Å²) >= 11 is 0. The third-order valence-corrected chi connectivity index (χ3v) is 5.67. The number of nitrogens with one attached hydrogen (secondary N) is 2. The van der Waals surface area contributed by atoms with Crippen LogP contribution in [0.4, 0.5) is 0 Å². The Bertz CT molecular complexity index is 1080. The third-order valence-electron chi connectivity index (χ3n) is 5.67. The van der Waals surface area contributed by atoms with Gasteiger partial charge < -0.3 is 9.72 Å². The molecule has 6 heteroatoms. The van der Waals surface area contributed by atoms with Gasteiger partial charge in [-0.15, -0.1) is 0 Å². The number of rotatable bonds is 6. The van der Waals surface area contributed by atoms with Gasteiger partial charge >= 0.3 is 0 Å². The van der Waals surface area contributed by atoms with Gasteiger partial charge in [0, 0.05) is 42.9 Å². The highest BCUT2D eigenvalue weighted by atomic mass is 16.5. The van der Waals surface area contributed by atoms with Crippen LogP contribution in [0.5, 0.6) is 0 Å². The van der Waals surface area contributed by atoms with Crippen molar-refractivity contribution in [2.24, 2.45) is 0 Å². The third kappa shape index (κ3) is 3.98. The molecular weight excluding hydrogens is 374 g/mol. The van der Waals surface area contributed by atoms with Gasteiger partial charge in [0.2, 0.25) is 0 Å². The van der Waals surface area contributed by atoms with Crippen LogP contribution < -0.4 is 5.32 Å². The second-order valence-corrected chi connectivity index (χ2v) is 7.54. The number of morpholine rings is 1. The first-order valence-corrected chi connectivity index (χ1v) is 10.3. The van der Waals surface area contributed by atoms with Crippen molar-refractivity contribution in [1.29, 1.82) is 0 Å². The summed E-state index contributed by atoms with van der Waals surface area (Å²) in [5, 5.41) is 4.92. The Kier molecular flexibility index (Phi) is 5.52. The molecule has 4 aromatic rings. The maximum absolute atomic E-state index is 6.20. The van der Waals surface area contributed by atoms with Crippen LogP contribution in [0.15, 0.2) is 79.4 Å². The quantitative estimate of drug-likeness (QED) is 0.516. The minimum Gasteiger partial charge on any atom is -0.371 e. The average Bonchev–Trinajstić information content (AvgIpc) is 3.30. The maximum Gasteiger partial charge on any atom is 0.115 e. The molecule has 0 bridgehead atoms. The van der Waals surface area contributed by atoms with Gasteiger partial charge in [-0.3, -0.25) is 10.2 Å². The Morgan fingerprint density at radius 3 is 2.90 bits per heavy atom. The molecule has 0 radical (unpaired) electrons. The number of hydrogen-bond donors (Lipinski definition) is 2. The maximum atomic E-state index is 6.20. The zero-order chi connectivity index (χ0) is 20.2. The molecule has 1 saturated heterocycles. The van der Waals surface area contributed by atoms with Crippen molar-refractivity contribution in [2.75, 3.05) is 19.7 Å². The summed E-state index contributed by atoms with van der Waals surface area (Å²) in [4.78, 5) is 14.4.